The molecule has 0 unspecified atom stereocenters. The normalized spacial score (nSPS) is 21.4. The molecule has 0 heterocycles. The standard InChI is InChI=1S/C72H57N/c1-70(2)62-26-10-6-22-56(62)61-40-51(32-35-63(61)70)73(68-29-13-9-23-59(68)60-25-15-19-49-18-14-24-53(69(49)60)48-16-4-3-5-17-48)52-31-34-58-57-33-30-50(71-42-45-36-46(43-71)38-47(37-45)44-71)39-66(57)72(67(58)41-52)64-27-11-7-20-54(64)55-21-8-12-28-65(55)72/h3-35,39-41,45-47H,36-38,42-44H2,1-2H3. The van der Waals surface area contributed by atoms with Gasteiger partial charge < -0.3 is 4.90 Å². The minimum absolute atomic E-state index is 0.103. The lowest BCUT2D eigenvalue weighted by Crippen LogP contribution is -2.48. The van der Waals surface area contributed by atoms with Crippen LogP contribution in [0, 0.1) is 17.8 Å². The molecular weight excluding hydrogens is 879 g/mol. The maximum absolute atomic E-state index is 2.75. The Balaban J connectivity index is 0.958. The summed E-state index contributed by atoms with van der Waals surface area (Å²) in [7, 11) is 0. The molecule has 4 bridgehead atoms. The van der Waals surface area contributed by atoms with Crippen molar-refractivity contribution in [2.45, 2.75) is 68.6 Å². The second-order valence-corrected chi connectivity index (χ2v) is 23.4. The first-order valence-corrected chi connectivity index (χ1v) is 27.1. The van der Waals surface area contributed by atoms with Gasteiger partial charge in [0.2, 0.25) is 0 Å². The third kappa shape index (κ3) is 5.74. The molecule has 7 aliphatic carbocycles. The minimum Gasteiger partial charge on any atom is -0.310 e. The summed E-state index contributed by atoms with van der Waals surface area (Å²) in [4.78, 5) is 2.60. The van der Waals surface area contributed by atoms with Crippen molar-refractivity contribution in [3.05, 3.63) is 257 Å². The van der Waals surface area contributed by atoms with E-state index in [1.54, 1.807) is 5.56 Å². The first-order valence-electron chi connectivity index (χ1n) is 27.1. The fourth-order valence-corrected chi connectivity index (χ4v) is 16.7. The molecule has 4 fully saturated rings. The number of hydrogen-bond acceptors (Lipinski definition) is 1. The third-order valence-corrected chi connectivity index (χ3v) is 19.2. The molecule has 7 aliphatic rings. The Morgan fingerprint density at radius 2 is 0.849 bits per heavy atom. The van der Waals surface area contributed by atoms with Gasteiger partial charge in [-0.15, -0.1) is 0 Å². The van der Waals surface area contributed by atoms with Crippen LogP contribution in [-0.4, -0.2) is 0 Å². The quantitative estimate of drug-likeness (QED) is 0.161. The van der Waals surface area contributed by atoms with Crippen LogP contribution in [0.2, 0.25) is 0 Å². The first-order chi connectivity index (χ1) is 35.9. The van der Waals surface area contributed by atoms with Crippen molar-refractivity contribution in [1.29, 1.82) is 0 Å². The van der Waals surface area contributed by atoms with E-state index >= 15 is 0 Å². The van der Waals surface area contributed by atoms with Crippen molar-refractivity contribution in [2.24, 2.45) is 17.8 Å². The van der Waals surface area contributed by atoms with E-state index in [4.69, 9.17) is 0 Å². The Kier molecular flexibility index (Phi) is 8.69. The zero-order valence-electron chi connectivity index (χ0n) is 41.7. The lowest BCUT2D eigenvalue weighted by Gasteiger charge is -2.57. The summed E-state index contributed by atoms with van der Waals surface area (Å²) in [6.07, 6.45) is 8.42. The van der Waals surface area contributed by atoms with Crippen molar-refractivity contribution < 1.29 is 0 Å². The summed E-state index contributed by atoms with van der Waals surface area (Å²) in [6.45, 7) is 4.78. The number of fused-ring (bicyclic) bond motifs is 14. The molecule has 1 spiro atoms. The number of benzene rings is 10. The molecule has 0 N–H and O–H groups in total. The Bertz CT molecular complexity index is 3860. The lowest BCUT2D eigenvalue weighted by atomic mass is 9.48. The van der Waals surface area contributed by atoms with Crippen molar-refractivity contribution >= 4 is 27.8 Å². The average molecular weight is 936 g/mol. The fraction of sp³-hybridized carbons (Fsp3) is 0.194. The van der Waals surface area contributed by atoms with Crippen molar-refractivity contribution in [3.8, 4) is 55.6 Å². The molecule has 10 aromatic carbocycles. The molecule has 1 nitrogen and oxygen atoms in total. The van der Waals surface area contributed by atoms with E-state index in [1.807, 2.05) is 0 Å². The topological polar surface area (TPSA) is 3.24 Å². The highest BCUT2D eigenvalue weighted by Crippen LogP contribution is 2.66. The second kappa shape index (κ2) is 15.2. The zero-order valence-corrected chi connectivity index (χ0v) is 41.7. The second-order valence-electron chi connectivity index (χ2n) is 23.4. The molecular formula is C72H57N. The molecule has 4 saturated carbocycles. The molecule has 0 aromatic heterocycles. The summed E-state index contributed by atoms with van der Waals surface area (Å²) in [5.41, 5.74) is 26.2. The van der Waals surface area contributed by atoms with Gasteiger partial charge in [-0.25, -0.2) is 0 Å². The molecule has 17 rings (SSSR count). The maximum atomic E-state index is 2.75. The number of hydrogen-bond donors (Lipinski definition) is 0. The molecule has 0 atom stereocenters. The number of rotatable bonds is 6. The van der Waals surface area contributed by atoms with Gasteiger partial charge in [0, 0.05) is 22.4 Å². The highest BCUT2D eigenvalue weighted by atomic mass is 15.1. The molecule has 0 saturated heterocycles. The van der Waals surface area contributed by atoms with E-state index in [0.717, 1.165) is 34.8 Å². The van der Waals surface area contributed by atoms with Crippen LogP contribution in [0.15, 0.2) is 218 Å². The van der Waals surface area contributed by atoms with Gasteiger partial charge in [0.1, 0.15) is 0 Å². The third-order valence-electron chi connectivity index (χ3n) is 19.2. The predicted molar refractivity (Wildman–Crippen MR) is 303 cm³/mol. The zero-order chi connectivity index (χ0) is 48.2. The number of para-hydroxylation sites is 1. The van der Waals surface area contributed by atoms with Crippen LogP contribution in [0.1, 0.15) is 91.3 Å². The van der Waals surface area contributed by atoms with Gasteiger partial charge in [-0.2, -0.15) is 0 Å². The molecule has 73 heavy (non-hydrogen) atoms. The summed E-state index contributed by atoms with van der Waals surface area (Å²) in [5.74, 6) is 2.65. The van der Waals surface area contributed by atoms with E-state index in [1.165, 1.54) is 138 Å². The van der Waals surface area contributed by atoms with Crippen LogP contribution in [0.4, 0.5) is 17.1 Å². The fourth-order valence-electron chi connectivity index (χ4n) is 16.7. The Morgan fingerprint density at radius 1 is 0.356 bits per heavy atom. The van der Waals surface area contributed by atoms with Crippen molar-refractivity contribution in [1.82, 2.24) is 0 Å². The Morgan fingerprint density at radius 3 is 1.53 bits per heavy atom. The molecule has 0 radical (unpaired) electrons. The van der Waals surface area contributed by atoms with Crippen LogP contribution in [-0.2, 0) is 16.2 Å². The van der Waals surface area contributed by atoms with Crippen LogP contribution in [0.3, 0.4) is 0 Å². The van der Waals surface area contributed by atoms with Gasteiger partial charge in [-0.05, 0) is 192 Å². The smallest absolute Gasteiger partial charge is 0.0726 e. The van der Waals surface area contributed by atoms with Gasteiger partial charge >= 0.3 is 0 Å². The van der Waals surface area contributed by atoms with Crippen LogP contribution >= 0.6 is 0 Å². The molecule has 0 aliphatic heterocycles. The first kappa shape index (κ1) is 41.8. The summed E-state index contributed by atoms with van der Waals surface area (Å²) >= 11 is 0. The minimum atomic E-state index is -0.474. The molecule has 0 amide bonds. The lowest BCUT2D eigenvalue weighted by molar-refractivity contribution is -0.00522. The van der Waals surface area contributed by atoms with Crippen LogP contribution in [0.25, 0.3) is 66.4 Å². The monoisotopic (exact) mass is 935 g/mol. The van der Waals surface area contributed by atoms with E-state index < -0.39 is 5.41 Å². The van der Waals surface area contributed by atoms with Crippen LogP contribution in [0.5, 0.6) is 0 Å². The van der Waals surface area contributed by atoms with Gasteiger partial charge in [0.05, 0.1) is 11.1 Å². The highest BCUT2D eigenvalue weighted by Gasteiger charge is 2.55. The highest BCUT2D eigenvalue weighted by molar-refractivity contribution is 6.09. The maximum Gasteiger partial charge on any atom is 0.0726 e. The van der Waals surface area contributed by atoms with Gasteiger partial charge in [0.25, 0.3) is 0 Å². The van der Waals surface area contributed by atoms with Crippen LogP contribution < -0.4 is 4.90 Å². The largest absolute Gasteiger partial charge is 0.310 e. The summed E-state index contributed by atoms with van der Waals surface area (Å²) in [6, 6.07) is 84.3. The number of anilines is 3. The average Bonchev–Trinajstić information content (AvgIpc) is 4.02. The summed E-state index contributed by atoms with van der Waals surface area (Å²) in [5, 5.41) is 2.51. The Labute approximate surface area is 429 Å². The van der Waals surface area contributed by atoms with Gasteiger partial charge in [0.15, 0.2) is 0 Å². The van der Waals surface area contributed by atoms with Crippen molar-refractivity contribution in [3.63, 3.8) is 0 Å². The molecule has 350 valence electrons. The van der Waals surface area contributed by atoms with Gasteiger partial charge in [-0.3, -0.25) is 0 Å². The number of nitrogens with zero attached hydrogens (tertiary/aromatic N) is 1. The van der Waals surface area contributed by atoms with Gasteiger partial charge in [-0.1, -0.05) is 202 Å². The Hall–Kier alpha value is -7.74. The van der Waals surface area contributed by atoms with E-state index in [2.05, 4.69) is 237 Å². The van der Waals surface area contributed by atoms with E-state index in [0.29, 0.717) is 0 Å². The van der Waals surface area contributed by atoms with E-state index in [-0.39, 0.29) is 10.8 Å². The van der Waals surface area contributed by atoms with E-state index in [9.17, 15) is 0 Å². The molecule has 1 heteroatoms. The SMILES string of the molecule is CC1(C)c2ccccc2-c2cc(N(c3ccc4c(c3)C3(c5ccccc5-c5ccccc53)c3cc(C56CC7CC(CC(C7)C5)C6)ccc3-4)c3ccccc3-c3cccc4cccc(-c5ccccc5)c34)ccc21. The molecule has 10 aromatic rings. The summed E-state index contributed by atoms with van der Waals surface area (Å²) < 4.78 is 0. The van der Waals surface area contributed by atoms with Crippen molar-refractivity contribution in [2.75, 3.05) is 4.90 Å². The predicted octanol–water partition coefficient (Wildman–Crippen LogP) is 18.8.